The van der Waals surface area contributed by atoms with E-state index in [1.54, 1.807) is 12.1 Å². The predicted molar refractivity (Wildman–Crippen MR) is 98.4 cm³/mol. The van der Waals surface area contributed by atoms with Gasteiger partial charge in [0, 0.05) is 9.13 Å². The Labute approximate surface area is 159 Å². The maximum absolute atomic E-state index is 12.3. The van der Waals surface area contributed by atoms with Gasteiger partial charge in [0.05, 0.1) is 16.3 Å². The van der Waals surface area contributed by atoms with Crippen LogP contribution in [0.15, 0.2) is 34.1 Å². The van der Waals surface area contributed by atoms with Crippen LogP contribution < -0.4 is 5.56 Å². The number of hydrogen-bond acceptors (Lipinski definition) is 7. The van der Waals surface area contributed by atoms with Crippen LogP contribution in [-0.2, 0) is 5.75 Å². The molecule has 0 aliphatic heterocycles. The van der Waals surface area contributed by atoms with E-state index in [9.17, 15) is 15.3 Å². The molecule has 2 N–H and O–H groups in total. The second kappa shape index (κ2) is 7.46. The first-order valence-corrected chi connectivity index (χ1v) is 8.92. The van der Waals surface area contributed by atoms with Gasteiger partial charge in [-0.25, -0.2) is 0 Å². The first-order chi connectivity index (χ1) is 12.1. The number of halogens is 1. The molecule has 0 saturated carbocycles. The fourth-order valence-electron chi connectivity index (χ4n) is 2.19. The zero-order valence-corrected chi connectivity index (χ0v) is 15.4. The number of thioether (sulfide) groups is 1. The van der Waals surface area contributed by atoms with E-state index >= 15 is 0 Å². The number of H-pyrrole nitrogens is 2. The molecule has 2 heterocycles. The number of pyridine rings is 1. The molecule has 0 unspecified atom stereocenters. The lowest BCUT2D eigenvalue weighted by Gasteiger charge is -2.10. The second-order valence-electron chi connectivity index (χ2n) is 4.76. The average Bonchev–Trinajstić information content (AvgIpc) is 3.13. The zero-order chi connectivity index (χ0) is 17.8. The monoisotopic (exact) mass is 461 g/mol. The minimum atomic E-state index is -0.536. The minimum Gasteiger partial charge on any atom is -0.315 e. The van der Waals surface area contributed by atoms with Crippen LogP contribution >= 0.6 is 34.4 Å². The highest BCUT2D eigenvalue weighted by Gasteiger charge is 2.20. The molecule has 3 aromatic rings. The van der Waals surface area contributed by atoms with Gasteiger partial charge in [-0.3, -0.25) is 4.79 Å². The molecule has 0 amide bonds. The van der Waals surface area contributed by atoms with Gasteiger partial charge >= 0.3 is 0 Å². The zero-order valence-electron chi connectivity index (χ0n) is 12.4. The van der Waals surface area contributed by atoms with Gasteiger partial charge in [-0.2, -0.15) is 15.7 Å². The number of hydrogen-bond donors (Lipinski definition) is 2. The largest absolute Gasteiger partial charge is 0.315 e. The molecule has 25 heavy (non-hydrogen) atoms. The third-order valence-corrected chi connectivity index (χ3v) is 4.99. The summed E-state index contributed by atoms with van der Waals surface area (Å²) in [6, 6.07) is 11.3. The van der Waals surface area contributed by atoms with Crippen molar-refractivity contribution in [2.45, 2.75) is 10.8 Å². The van der Waals surface area contributed by atoms with E-state index in [1.165, 1.54) is 11.8 Å². The van der Waals surface area contributed by atoms with Crippen molar-refractivity contribution in [3.8, 4) is 23.3 Å². The molecular formula is C15H8IN7OS. The molecule has 0 fully saturated rings. The van der Waals surface area contributed by atoms with Crippen molar-refractivity contribution in [1.29, 1.82) is 10.5 Å². The minimum absolute atomic E-state index is 0.0818. The molecule has 0 bridgehead atoms. The van der Waals surface area contributed by atoms with Crippen LogP contribution in [0.1, 0.15) is 17.0 Å². The lowest BCUT2D eigenvalue weighted by Crippen LogP contribution is -2.15. The van der Waals surface area contributed by atoms with Gasteiger partial charge < -0.3 is 4.98 Å². The van der Waals surface area contributed by atoms with Crippen molar-refractivity contribution in [1.82, 2.24) is 25.6 Å². The lowest BCUT2D eigenvalue weighted by atomic mass is 9.97. The van der Waals surface area contributed by atoms with Gasteiger partial charge in [0.1, 0.15) is 17.7 Å². The Morgan fingerprint density at radius 1 is 1.16 bits per heavy atom. The number of tetrazole rings is 1. The number of rotatable bonds is 4. The number of benzene rings is 1. The molecule has 122 valence electrons. The SMILES string of the molecule is N#Cc1c(SCc2nn[nH]n2)[nH]c(=O)c(C#N)c1-c1ccc(I)cc1. The van der Waals surface area contributed by atoms with E-state index in [2.05, 4.69) is 54.3 Å². The molecule has 0 saturated heterocycles. The Morgan fingerprint density at radius 2 is 1.88 bits per heavy atom. The van der Waals surface area contributed by atoms with Gasteiger partial charge in [0.25, 0.3) is 5.56 Å². The third kappa shape index (κ3) is 3.55. The van der Waals surface area contributed by atoms with Crippen molar-refractivity contribution in [3.63, 3.8) is 0 Å². The fourth-order valence-corrected chi connectivity index (χ4v) is 3.40. The summed E-state index contributed by atoms with van der Waals surface area (Å²) in [6.07, 6.45) is 0. The van der Waals surface area contributed by atoms with E-state index < -0.39 is 5.56 Å². The Bertz CT molecular complexity index is 1050. The number of nitrogens with one attached hydrogen (secondary N) is 2. The quantitative estimate of drug-likeness (QED) is 0.449. The highest BCUT2D eigenvalue weighted by Crippen LogP contribution is 2.32. The van der Waals surface area contributed by atoms with Crippen LogP contribution in [0.2, 0.25) is 0 Å². The van der Waals surface area contributed by atoms with Crippen LogP contribution in [0.4, 0.5) is 0 Å². The maximum Gasteiger partial charge on any atom is 0.267 e. The second-order valence-corrected chi connectivity index (χ2v) is 6.99. The summed E-state index contributed by atoms with van der Waals surface area (Å²) in [5.41, 5.74) is 0.597. The van der Waals surface area contributed by atoms with Gasteiger partial charge in [-0.15, -0.1) is 10.2 Å². The Balaban J connectivity index is 2.15. The summed E-state index contributed by atoms with van der Waals surface area (Å²) in [6.45, 7) is 0. The Kier molecular flexibility index (Phi) is 5.11. The summed E-state index contributed by atoms with van der Waals surface area (Å²) in [4.78, 5) is 14.9. The van der Waals surface area contributed by atoms with Crippen molar-refractivity contribution < 1.29 is 0 Å². The standard InChI is InChI=1S/C15H8IN7OS/c16-9-3-1-8(2-4-9)13-10(5-17)14(24)19-15(11(13)6-18)25-7-12-20-22-23-21-12/h1-4H,7H2,(H,19,24)(H,20,21,22,23). The number of aromatic nitrogens is 5. The Morgan fingerprint density at radius 3 is 2.48 bits per heavy atom. The van der Waals surface area contributed by atoms with E-state index in [4.69, 9.17) is 0 Å². The topological polar surface area (TPSA) is 135 Å². The van der Waals surface area contributed by atoms with Crippen LogP contribution in [0.5, 0.6) is 0 Å². The van der Waals surface area contributed by atoms with E-state index in [0.717, 1.165) is 3.57 Å². The van der Waals surface area contributed by atoms with Crippen molar-refractivity contribution >= 4 is 34.4 Å². The molecule has 10 heteroatoms. The number of aromatic amines is 2. The van der Waals surface area contributed by atoms with Crippen LogP contribution in [-0.4, -0.2) is 25.6 Å². The summed E-state index contributed by atoms with van der Waals surface area (Å²) in [7, 11) is 0. The molecule has 0 atom stereocenters. The smallest absolute Gasteiger partial charge is 0.267 e. The first kappa shape index (κ1) is 17.1. The fraction of sp³-hybridized carbons (Fsp3) is 0.0667. The van der Waals surface area contributed by atoms with E-state index in [0.29, 0.717) is 27.7 Å². The normalized spacial score (nSPS) is 10.2. The van der Waals surface area contributed by atoms with Gasteiger partial charge in [0.2, 0.25) is 0 Å². The molecule has 0 spiro atoms. The highest BCUT2D eigenvalue weighted by molar-refractivity contribution is 14.1. The maximum atomic E-state index is 12.3. The molecule has 0 radical (unpaired) electrons. The van der Waals surface area contributed by atoms with Gasteiger partial charge in [-0.05, 0) is 40.3 Å². The predicted octanol–water partition coefficient (Wildman–Crippen LogP) is 2.20. The Hall–Kier alpha value is -2.70. The summed E-state index contributed by atoms with van der Waals surface area (Å²) < 4.78 is 1.01. The molecule has 0 aliphatic rings. The van der Waals surface area contributed by atoms with Gasteiger partial charge in [0.15, 0.2) is 5.82 Å². The van der Waals surface area contributed by atoms with Crippen LogP contribution in [0.25, 0.3) is 11.1 Å². The van der Waals surface area contributed by atoms with Crippen molar-refractivity contribution in [3.05, 3.63) is 55.1 Å². The first-order valence-electron chi connectivity index (χ1n) is 6.85. The summed E-state index contributed by atoms with van der Waals surface area (Å²) >= 11 is 3.36. The van der Waals surface area contributed by atoms with Crippen LogP contribution in [0.3, 0.4) is 0 Å². The van der Waals surface area contributed by atoms with Crippen molar-refractivity contribution in [2.75, 3.05) is 0 Å². The average molecular weight is 461 g/mol. The van der Waals surface area contributed by atoms with Gasteiger partial charge in [-0.1, -0.05) is 29.1 Å². The molecule has 0 aliphatic carbocycles. The molecular weight excluding hydrogens is 453 g/mol. The van der Waals surface area contributed by atoms with E-state index in [1.807, 2.05) is 18.2 Å². The number of nitriles is 2. The number of nitrogens with zero attached hydrogens (tertiary/aromatic N) is 5. The lowest BCUT2D eigenvalue weighted by molar-refractivity contribution is 0.881. The van der Waals surface area contributed by atoms with E-state index in [-0.39, 0.29) is 11.1 Å². The molecule has 2 aromatic heterocycles. The molecule has 8 nitrogen and oxygen atoms in total. The summed E-state index contributed by atoms with van der Waals surface area (Å²) in [5, 5.41) is 32.9. The molecule has 1 aromatic carbocycles. The third-order valence-electron chi connectivity index (χ3n) is 3.27. The van der Waals surface area contributed by atoms with Crippen molar-refractivity contribution in [2.24, 2.45) is 0 Å². The summed E-state index contributed by atoms with van der Waals surface area (Å²) in [5.74, 6) is 0.758. The highest BCUT2D eigenvalue weighted by atomic mass is 127. The van der Waals surface area contributed by atoms with Crippen LogP contribution in [0, 0.1) is 26.2 Å². The molecule has 3 rings (SSSR count).